The Hall–Kier alpha value is -4.02. The molecule has 1 aliphatic heterocycles. The van der Waals surface area contributed by atoms with E-state index in [1.54, 1.807) is 54.5 Å². The molecule has 2 aromatic carbocycles. The molecular formula is C30H38N4O6. The zero-order valence-electron chi connectivity index (χ0n) is 23.2. The summed E-state index contributed by atoms with van der Waals surface area (Å²) in [6.45, 7) is 5.00. The molecule has 0 spiro atoms. The van der Waals surface area contributed by atoms with Gasteiger partial charge in [-0.25, -0.2) is 4.79 Å². The van der Waals surface area contributed by atoms with Crippen molar-refractivity contribution >= 4 is 17.6 Å². The maximum Gasteiger partial charge on any atom is 0.322 e. The number of benzene rings is 2. The average Bonchev–Trinajstić information content (AvgIpc) is 3.50. The molecule has 1 fully saturated rings. The van der Waals surface area contributed by atoms with Crippen LogP contribution in [-0.4, -0.2) is 86.8 Å². The van der Waals surface area contributed by atoms with Crippen molar-refractivity contribution in [1.82, 2.24) is 14.7 Å². The number of morpholine rings is 1. The van der Waals surface area contributed by atoms with Crippen molar-refractivity contribution in [3.05, 3.63) is 78.3 Å². The molecule has 0 aliphatic carbocycles. The van der Waals surface area contributed by atoms with E-state index in [0.717, 1.165) is 31.6 Å². The Kier molecular flexibility index (Phi) is 10.8. The highest BCUT2D eigenvalue weighted by molar-refractivity contribution is 5.92. The maximum atomic E-state index is 13.7. The summed E-state index contributed by atoms with van der Waals surface area (Å²) in [5.41, 5.74) is 1.51. The second-order valence-electron chi connectivity index (χ2n) is 9.58. The number of carbonyl (C=O) groups excluding carboxylic acids is 2. The van der Waals surface area contributed by atoms with Crippen LogP contribution >= 0.6 is 0 Å². The summed E-state index contributed by atoms with van der Waals surface area (Å²) in [6.07, 6.45) is 2.31. The molecule has 214 valence electrons. The van der Waals surface area contributed by atoms with Crippen LogP contribution in [0.2, 0.25) is 0 Å². The lowest BCUT2D eigenvalue weighted by Gasteiger charge is -2.30. The summed E-state index contributed by atoms with van der Waals surface area (Å²) in [6, 6.07) is 18.2. The SMILES string of the molecule is COc1cc(NC(=O)N(CCCN2CCOCC2)CC(=O)N(Cc2ccccc2)Cc2ccco2)cc(OC)c1. The fourth-order valence-corrected chi connectivity index (χ4v) is 4.53. The van der Waals surface area contributed by atoms with Gasteiger partial charge >= 0.3 is 6.03 Å². The molecular weight excluding hydrogens is 512 g/mol. The Morgan fingerprint density at radius 2 is 1.65 bits per heavy atom. The van der Waals surface area contributed by atoms with Gasteiger partial charge in [0.1, 0.15) is 23.8 Å². The molecule has 4 rings (SSSR count). The zero-order chi connectivity index (χ0) is 28.2. The monoisotopic (exact) mass is 550 g/mol. The van der Waals surface area contributed by atoms with Gasteiger partial charge in [0, 0.05) is 56.6 Å². The number of nitrogens with zero attached hydrogens (tertiary/aromatic N) is 3. The molecule has 3 aromatic rings. The molecule has 1 aromatic heterocycles. The van der Waals surface area contributed by atoms with Crippen LogP contribution in [-0.2, 0) is 22.6 Å². The predicted molar refractivity (Wildman–Crippen MR) is 151 cm³/mol. The summed E-state index contributed by atoms with van der Waals surface area (Å²) in [5.74, 6) is 1.61. The Morgan fingerprint density at radius 1 is 0.925 bits per heavy atom. The first-order valence-corrected chi connectivity index (χ1v) is 13.5. The third-order valence-electron chi connectivity index (χ3n) is 6.72. The first-order valence-electron chi connectivity index (χ1n) is 13.5. The van der Waals surface area contributed by atoms with Crippen molar-refractivity contribution < 1.29 is 28.2 Å². The summed E-state index contributed by atoms with van der Waals surface area (Å²) in [5, 5.41) is 2.92. The molecule has 10 heteroatoms. The Morgan fingerprint density at radius 3 is 2.30 bits per heavy atom. The molecule has 1 N–H and O–H groups in total. The standard InChI is InChI=1S/C30H38N4O6/c1-37-27-18-25(19-28(20-27)38-2)31-30(36)33(12-7-11-32-13-16-39-17-14-32)23-29(35)34(22-26-10-6-15-40-26)21-24-8-4-3-5-9-24/h3-6,8-10,15,18-20H,7,11-14,16-17,21-23H2,1-2H3,(H,31,36). The number of carbonyl (C=O) groups is 2. The van der Waals surface area contributed by atoms with Crippen LogP contribution in [0.4, 0.5) is 10.5 Å². The third kappa shape index (κ3) is 8.75. The highest BCUT2D eigenvalue weighted by atomic mass is 16.5. The van der Waals surface area contributed by atoms with Crippen molar-refractivity contribution in [2.75, 3.05) is 65.5 Å². The molecule has 0 unspecified atom stereocenters. The third-order valence-corrected chi connectivity index (χ3v) is 6.72. The number of urea groups is 1. The Labute approximate surface area is 235 Å². The molecule has 0 saturated carbocycles. The van der Waals surface area contributed by atoms with Gasteiger partial charge in [0.2, 0.25) is 5.91 Å². The molecule has 10 nitrogen and oxygen atoms in total. The van der Waals surface area contributed by atoms with E-state index >= 15 is 0 Å². The van der Waals surface area contributed by atoms with E-state index < -0.39 is 0 Å². The predicted octanol–water partition coefficient (Wildman–Crippen LogP) is 4.08. The quantitative estimate of drug-likeness (QED) is 0.343. The Bertz CT molecular complexity index is 1180. The highest BCUT2D eigenvalue weighted by Gasteiger charge is 2.23. The number of anilines is 1. The molecule has 1 saturated heterocycles. The van der Waals surface area contributed by atoms with E-state index in [9.17, 15) is 9.59 Å². The van der Waals surface area contributed by atoms with E-state index in [0.29, 0.717) is 55.8 Å². The normalized spacial score (nSPS) is 13.4. The van der Waals surface area contributed by atoms with Crippen LogP contribution in [0.5, 0.6) is 11.5 Å². The molecule has 2 heterocycles. The van der Waals surface area contributed by atoms with Gasteiger partial charge in [0.05, 0.1) is 40.2 Å². The van der Waals surface area contributed by atoms with Gasteiger partial charge in [-0.1, -0.05) is 30.3 Å². The average molecular weight is 551 g/mol. The fraction of sp³-hybridized carbons (Fsp3) is 0.400. The van der Waals surface area contributed by atoms with E-state index in [4.69, 9.17) is 18.6 Å². The number of amides is 3. The summed E-state index contributed by atoms with van der Waals surface area (Å²) in [7, 11) is 3.11. The van der Waals surface area contributed by atoms with Crippen molar-refractivity contribution in [1.29, 1.82) is 0 Å². The number of methoxy groups -OCH3 is 2. The van der Waals surface area contributed by atoms with Crippen molar-refractivity contribution in [2.24, 2.45) is 0 Å². The second kappa shape index (κ2) is 14.9. The minimum absolute atomic E-state index is 0.0798. The van der Waals surface area contributed by atoms with Gasteiger partial charge in [-0.15, -0.1) is 0 Å². The minimum Gasteiger partial charge on any atom is -0.497 e. The lowest BCUT2D eigenvalue weighted by Crippen LogP contribution is -2.45. The minimum atomic E-state index is -0.372. The summed E-state index contributed by atoms with van der Waals surface area (Å²) in [4.78, 5) is 32.8. The summed E-state index contributed by atoms with van der Waals surface area (Å²) < 4.78 is 21.7. The van der Waals surface area contributed by atoms with Gasteiger partial charge in [-0.3, -0.25) is 9.69 Å². The highest BCUT2D eigenvalue weighted by Crippen LogP contribution is 2.26. The molecule has 1 aliphatic rings. The number of furan rings is 1. The molecule has 3 amide bonds. The van der Waals surface area contributed by atoms with E-state index in [1.807, 2.05) is 36.4 Å². The van der Waals surface area contributed by atoms with Crippen LogP contribution < -0.4 is 14.8 Å². The second-order valence-corrected chi connectivity index (χ2v) is 9.58. The van der Waals surface area contributed by atoms with Crippen molar-refractivity contribution in [3.8, 4) is 11.5 Å². The molecule has 0 bridgehead atoms. The summed E-state index contributed by atoms with van der Waals surface area (Å²) >= 11 is 0. The largest absolute Gasteiger partial charge is 0.497 e. The first kappa shape index (κ1) is 29.0. The number of ether oxygens (including phenoxy) is 3. The maximum absolute atomic E-state index is 13.7. The van der Waals surface area contributed by atoms with Crippen LogP contribution in [0.3, 0.4) is 0 Å². The topological polar surface area (TPSA) is 96.7 Å². The number of rotatable bonds is 13. The van der Waals surface area contributed by atoms with Crippen LogP contribution in [0.25, 0.3) is 0 Å². The van der Waals surface area contributed by atoms with E-state index in [1.165, 1.54) is 0 Å². The molecule has 0 radical (unpaired) electrons. The molecule has 0 atom stereocenters. The van der Waals surface area contributed by atoms with Crippen molar-refractivity contribution in [2.45, 2.75) is 19.5 Å². The number of hydrogen-bond donors (Lipinski definition) is 1. The molecule has 40 heavy (non-hydrogen) atoms. The van der Waals surface area contributed by atoms with E-state index in [-0.39, 0.29) is 18.5 Å². The van der Waals surface area contributed by atoms with Gasteiger partial charge in [0.25, 0.3) is 0 Å². The Balaban J connectivity index is 1.49. The zero-order valence-corrected chi connectivity index (χ0v) is 23.2. The van der Waals surface area contributed by atoms with Crippen molar-refractivity contribution in [3.63, 3.8) is 0 Å². The van der Waals surface area contributed by atoms with E-state index in [2.05, 4.69) is 10.2 Å². The van der Waals surface area contributed by atoms with Crippen LogP contribution in [0, 0.1) is 0 Å². The van der Waals surface area contributed by atoms with Gasteiger partial charge in [-0.2, -0.15) is 0 Å². The van der Waals surface area contributed by atoms with Crippen LogP contribution in [0.15, 0.2) is 71.3 Å². The first-order chi connectivity index (χ1) is 19.5. The fourth-order valence-electron chi connectivity index (χ4n) is 4.53. The van der Waals surface area contributed by atoms with Crippen LogP contribution in [0.1, 0.15) is 17.7 Å². The number of nitrogens with one attached hydrogen (secondary N) is 1. The lowest BCUT2D eigenvalue weighted by molar-refractivity contribution is -0.133. The lowest BCUT2D eigenvalue weighted by atomic mass is 10.2. The van der Waals surface area contributed by atoms with Gasteiger partial charge < -0.3 is 33.7 Å². The van der Waals surface area contributed by atoms with Gasteiger partial charge in [-0.05, 0) is 24.1 Å². The van der Waals surface area contributed by atoms with Gasteiger partial charge in [0.15, 0.2) is 0 Å². The smallest absolute Gasteiger partial charge is 0.322 e. The number of hydrogen-bond acceptors (Lipinski definition) is 7.